The number of carbonyl (C=O) groups excluding carboxylic acids is 1. The van der Waals surface area contributed by atoms with Gasteiger partial charge in [-0.05, 0) is 54.4 Å². The van der Waals surface area contributed by atoms with E-state index in [0.717, 1.165) is 75.7 Å². The van der Waals surface area contributed by atoms with E-state index in [9.17, 15) is 13.6 Å². The Morgan fingerprint density at radius 3 is 2.31 bits per heavy atom. The summed E-state index contributed by atoms with van der Waals surface area (Å²) in [7, 11) is 0. The molecule has 32 heavy (non-hydrogen) atoms. The summed E-state index contributed by atoms with van der Waals surface area (Å²) in [5.41, 5.74) is 3.05. The molecule has 0 N–H and O–H groups in total. The summed E-state index contributed by atoms with van der Waals surface area (Å²) in [6.07, 6.45) is 0.983. The number of piperidine rings is 1. The molecule has 0 aliphatic carbocycles. The number of rotatable bonds is 4. The first-order valence-corrected chi connectivity index (χ1v) is 11.5. The molecule has 3 heterocycles. The van der Waals surface area contributed by atoms with Crippen LogP contribution in [0.15, 0.2) is 42.5 Å². The molecule has 0 spiro atoms. The molecule has 0 bridgehead atoms. The average Bonchev–Trinajstić information content (AvgIpc) is 3.11. The Bertz CT molecular complexity index is 974. The molecule has 1 amide bonds. The number of carbonyl (C=O) groups is 1. The predicted octanol–water partition coefficient (Wildman–Crippen LogP) is 3.44. The van der Waals surface area contributed by atoms with Crippen molar-refractivity contribution in [1.82, 2.24) is 14.7 Å². The molecule has 3 aliphatic heterocycles. The molecule has 170 valence electrons. The summed E-state index contributed by atoms with van der Waals surface area (Å²) in [5, 5.41) is 0. The van der Waals surface area contributed by atoms with Gasteiger partial charge in [0.05, 0.1) is 0 Å². The van der Waals surface area contributed by atoms with Gasteiger partial charge in [0.25, 0.3) is 0 Å². The molecule has 0 radical (unpaired) electrons. The first-order valence-electron chi connectivity index (χ1n) is 11.5. The van der Waals surface area contributed by atoms with Gasteiger partial charge < -0.3 is 14.7 Å². The standard InChI is InChI=1S/C25H30F2N4O/c1-18(32)30-14-12-28(13-15-30)10-11-29-9-8-25-23(17-29)22-16-20(27)4-7-24(22)31(25)21-5-2-19(26)3-6-21/h2-7,16,23,25H,8-15,17H2,1H3/t23-,25+/m0/s1. The van der Waals surface area contributed by atoms with Gasteiger partial charge in [-0.3, -0.25) is 9.69 Å². The molecular formula is C25H30F2N4O. The molecule has 2 atom stereocenters. The number of benzene rings is 2. The largest absolute Gasteiger partial charge is 0.340 e. The number of hydrogen-bond donors (Lipinski definition) is 0. The average molecular weight is 441 g/mol. The van der Waals surface area contributed by atoms with Crippen molar-refractivity contribution in [1.29, 1.82) is 0 Å². The summed E-state index contributed by atoms with van der Waals surface area (Å²) in [5.74, 6) is -0.0645. The maximum absolute atomic E-state index is 14.2. The summed E-state index contributed by atoms with van der Waals surface area (Å²) < 4.78 is 27.7. The van der Waals surface area contributed by atoms with Gasteiger partial charge in [-0.2, -0.15) is 0 Å². The van der Waals surface area contributed by atoms with E-state index < -0.39 is 0 Å². The number of halogens is 2. The fraction of sp³-hybridized carbons (Fsp3) is 0.480. The lowest BCUT2D eigenvalue weighted by Crippen LogP contribution is -2.51. The second-order valence-electron chi connectivity index (χ2n) is 9.16. The number of likely N-dealkylation sites (tertiary alicyclic amines) is 1. The Morgan fingerprint density at radius 2 is 1.59 bits per heavy atom. The van der Waals surface area contributed by atoms with Crippen molar-refractivity contribution in [3.63, 3.8) is 0 Å². The van der Waals surface area contributed by atoms with Gasteiger partial charge in [-0.1, -0.05) is 0 Å². The SMILES string of the molecule is CC(=O)N1CCN(CCN2CC[C@@H]3[C@@H](C2)c2cc(F)ccc2N3c2ccc(F)cc2)CC1. The van der Waals surface area contributed by atoms with E-state index in [1.165, 1.54) is 18.2 Å². The highest BCUT2D eigenvalue weighted by Gasteiger charge is 2.42. The van der Waals surface area contributed by atoms with E-state index >= 15 is 0 Å². The van der Waals surface area contributed by atoms with Crippen LogP contribution in [0.4, 0.5) is 20.2 Å². The third kappa shape index (κ3) is 4.11. The predicted molar refractivity (Wildman–Crippen MR) is 121 cm³/mol. The fourth-order valence-corrected chi connectivity index (χ4v) is 5.55. The van der Waals surface area contributed by atoms with Crippen LogP contribution in [-0.2, 0) is 4.79 Å². The Labute approximate surface area is 188 Å². The minimum Gasteiger partial charge on any atom is -0.340 e. The molecule has 3 aliphatic rings. The summed E-state index contributed by atoms with van der Waals surface area (Å²) in [6, 6.07) is 11.9. The summed E-state index contributed by atoms with van der Waals surface area (Å²) in [6.45, 7) is 8.94. The first kappa shape index (κ1) is 21.3. The highest BCUT2D eigenvalue weighted by atomic mass is 19.1. The van der Waals surface area contributed by atoms with Gasteiger partial charge in [0, 0.05) is 82.6 Å². The van der Waals surface area contributed by atoms with Crippen LogP contribution in [0.1, 0.15) is 24.8 Å². The van der Waals surface area contributed by atoms with Crippen molar-refractivity contribution in [3.8, 4) is 0 Å². The minimum absolute atomic E-state index is 0.157. The maximum Gasteiger partial charge on any atom is 0.219 e. The van der Waals surface area contributed by atoms with Crippen LogP contribution in [0.25, 0.3) is 0 Å². The molecule has 0 saturated carbocycles. The van der Waals surface area contributed by atoms with Crippen LogP contribution >= 0.6 is 0 Å². The lowest BCUT2D eigenvalue weighted by atomic mass is 9.89. The zero-order valence-electron chi connectivity index (χ0n) is 18.5. The van der Waals surface area contributed by atoms with Gasteiger partial charge in [0.1, 0.15) is 11.6 Å². The van der Waals surface area contributed by atoms with Crippen molar-refractivity contribution >= 4 is 17.3 Å². The van der Waals surface area contributed by atoms with Crippen molar-refractivity contribution in [2.24, 2.45) is 0 Å². The molecule has 2 fully saturated rings. The molecule has 0 aromatic heterocycles. The van der Waals surface area contributed by atoms with Gasteiger partial charge in [-0.25, -0.2) is 8.78 Å². The van der Waals surface area contributed by atoms with E-state index in [4.69, 9.17) is 0 Å². The Balaban J connectivity index is 1.28. The molecule has 0 unspecified atom stereocenters. The monoisotopic (exact) mass is 440 g/mol. The highest BCUT2D eigenvalue weighted by molar-refractivity contribution is 5.73. The normalized spacial score (nSPS) is 23.8. The third-order valence-electron chi connectivity index (χ3n) is 7.30. The molecule has 2 aromatic carbocycles. The molecular weight excluding hydrogens is 410 g/mol. The van der Waals surface area contributed by atoms with E-state index in [2.05, 4.69) is 14.7 Å². The Morgan fingerprint density at radius 1 is 0.906 bits per heavy atom. The number of fused-ring (bicyclic) bond motifs is 3. The van der Waals surface area contributed by atoms with Crippen molar-refractivity contribution in [2.45, 2.75) is 25.3 Å². The third-order valence-corrected chi connectivity index (χ3v) is 7.30. The Hall–Kier alpha value is -2.51. The Kier molecular flexibility index (Phi) is 5.86. The number of piperazine rings is 1. The number of anilines is 2. The van der Waals surface area contributed by atoms with Crippen LogP contribution in [0.2, 0.25) is 0 Å². The lowest BCUT2D eigenvalue weighted by molar-refractivity contribution is -0.130. The number of nitrogens with zero attached hydrogens (tertiary/aromatic N) is 4. The van der Waals surface area contributed by atoms with Crippen molar-refractivity contribution in [3.05, 3.63) is 59.7 Å². The van der Waals surface area contributed by atoms with Gasteiger partial charge in [0.2, 0.25) is 5.91 Å². The van der Waals surface area contributed by atoms with Gasteiger partial charge in [0.15, 0.2) is 0 Å². The topological polar surface area (TPSA) is 30.0 Å². The zero-order chi connectivity index (χ0) is 22.2. The lowest BCUT2D eigenvalue weighted by Gasteiger charge is -2.40. The molecule has 2 aromatic rings. The summed E-state index contributed by atoms with van der Waals surface area (Å²) >= 11 is 0. The molecule has 2 saturated heterocycles. The van der Waals surface area contributed by atoms with E-state index in [-0.39, 0.29) is 29.5 Å². The highest BCUT2D eigenvalue weighted by Crippen LogP contribution is 2.48. The quantitative estimate of drug-likeness (QED) is 0.729. The molecule has 5 nitrogen and oxygen atoms in total. The van der Waals surface area contributed by atoms with E-state index in [0.29, 0.717) is 0 Å². The van der Waals surface area contributed by atoms with E-state index in [1.54, 1.807) is 13.0 Å². The smallest absolute Gasteiger partial charge is 0.219 e. The second-order valence-corrected chi connectivity index (χ2v) is 9.16. The number of hydrogen-bond acceptors (Lipinski definition) is 4. The van der Waals surface area contributed by atoms with Crippen LogP contribution in [0, 0.1) is 11.6 Å². The molecule has 7 heteroatoms. The van der Waals surface area contributed by atoms with Crippen LogP contribution in [0.3, 0.4) is 0 Å². The van der Waals surface area contributed by atoms with Gasteiger partial charge >= 0.3 is 0 Å². The van der Waals surface area contributed by atoms with Crippen LogP contribution in [-0.4, -0.2) is 79.0 Å². The van der Waals surface area contributed by atoms with Crippen molar-refractivity contribution < 1.29 is 13.6 Å². The minimum atomic E-state index is -0.247. The van der Waals surface area contributed by atoms with E-state index in [1.807, 2.05) is 23.1 Å². The van der Waals surface area contributed by atoms with Crippen LogP contribution in [0.5, 0.6) is 0 Å². The number of amides is 1. The van der Waals surface area contributed by atoms with Crippen LogP contribution < -0.4 is 4.90 Å². The zero-order valence-corrected chi connectivity index (χ0v) is 18.5. The van der Waals surface area contributed by atoms with Crippen molar-refractivity contribution in [2.75, 3.05) is 57.3 Å². The van der Waals surface area contributed by atoms with Gasteiger partial charge in [-0.15, -0.1) is 0 Å². The molecule has 5 rings (SSSR count). The summed E-state index contributed by atoms with van der Waals surface area (Å²) in [4.78, 5) is 20.6. The second kappa shape index (κ2) is 8.79. The first-order chi connectivity index (χ1) is 15.5. The fourth-order valence-electron chi connectivity index (χ4n) is 5.55. The maximum atomic E-state index is 14.2.